The first kappa shape index (κ1) is 15.7. The van der Waals surface area contributed by atoms with Crippen molar-refractivity contribution in [3.05, 3.63) is 35.2 Å². The molecule has 7 heteroatoms. The van der Waals surface area contributed by atoms with Crippen LogP contribution in [-0.4, -0.2) is 16.0 Å². The number of aromatic nitrogens is 2. The van der Waals surface area contributed by atoms with Crippen LogP contribution in [-0.2, 0) is 6.61 Å². The van der Waals surface area contributed by atoms with E-state index in [1.807, 2.05) is 0 Å². The highest BCUT2D eigenvalue weighted by Crippen LogP contribution is 2.20. The van der Waals surface area contributed by atoms with E-state index >= 15 is 0 Å². The van der Waals surface area contributed by atoms with E-state index in [0.717, 1.165) is 18.6 Å². The maximum absolute atomic E-state index is 8.44. The third-order valence-electron chi connectivity index (χ3n) is 2.53. The summed E-state index contributed by atoms with van der Waals surface area (Å²) in [5.74, 6) is 1.99. The molecule has 0 aliphatic heterocycles. The molecule has 2 rings (SSSR count). The Labute approximate surface area is 132 Å². The SMILES string of the molecule is N#CCCCCSc1nnc(COc2ccc(Cl)cc2)o1. The second kappa shape index (κ2) is 8.55. The summed E-state index contributed by atoms with van der Waals surface area (Å²) >= 11 is 7.29. The molecule has 5 nitrogen and oxygen atoms in total. The van der Waals surface area contributed by atoms with Gasteiger partial charge >= 0.3 is 0 Å². The number of ether oxygens (including phenoxy) is 1. The zero-order chi connectivity index (χ0) is 14.9. The Balaban J connectivity index is 1.72. The number of halogens is 1. The van der Waals surface area contributed by atoms with Crippen molar-refractivity contribution in [1.82, 2.24) is 10.2 Å². The maximum Gasteiger partial charge on any atom is 0.276 e. The number of hydrogen-bond donors (Lipinski definition) is 0. The Hall–Kier alpha value is -1.71. The van der Waals surface area contributed by atoms with Crippen LogP contribution >= 0.6 is 23.4 Å². The van der Waals surface area contributed by atoms with Crippen molar-refractivity contribution in [2.75, 3.05) is 5.75 Å². The average Bonchev–Trinajstić information content (AvgIpc) is 2.94. The molecular weight excluding hydrogens is 310 g/mol. The summed E-state index contributed by atoms with van der Waals surface area (Å²) in [5, 5.41) is 17.5. The number of unbranched alkanes of at least 4 members (excludes halogenated alkanes) is 2. The number of hydrogen-bond acceptors (Lipinski definition) is 6. The summed E-state index contributed by atoms with van der Waals surface area (Å²) < 4.78 is 11.0. The lowest BCUT2D eigenvalue weighted by molar-refractivity contribution is 0.252. The minimum Gasteiger partial charge on any atom is -0.484 e. The minimum absolute atomic E-state index is 0.226. The molecule has 0 atom stereocenters. The van der Waals surface area contributed by atoms with Crippen molar-refractivity contribution in [1.29, 1.82) is 5.26 Å². The zero-order valence-corrected chi connectivity index (χ0v) is 12.9. The highest BCUT2D eigenvalue weighted by molar-refractivity contribution is 7.99. The fourth-order valence-corrected chi connectivity index (χ4v) is 2.40. The third kappa shape index (κ3) is 5.66. The maximum atomic E-state index is 8.44. The molecule has 21 heavy (non-hydrogen) atoms. The van der Waals surface area contributed by atoms with E-state index in [4.69, 9.17) is 26.0 Å². The predicted octanol–water partition coefficient (Wildman–Crippen LogP) is 4.09. The van der Waals surface area contributed by atoms with Gasteiger partial charge in [-0.1, -0.05) is 23.4 Å². The van der Waals surface area contributed by atoms with Crippen molar-refractivity contribution in [2.24, 2.45) is 0 Å². The van der Waals surface area contributed by atoms with Gasteiger partial charge in [0.05, 0.1) is 6.07 Å². The van der Waals surface area contributed by atoms with Gasteiger partial charge in [-0.3, -0.25) is 0 Å². The Morgan fingerprint density at radius 1 is 1.24 bits per heavy atom. The molecule has 0 radical (unpaired) electrons. The van der Waals surface area contributed by atoms with E-state index in [0.29, 0.717) is 28.3 Å². The van der Waals surface area contributed by atoms with Gasteiger partial charge in [-0.25, -0.2) is 0 Å². The summed E-state index contributed by atoms with van der Waals surface area (Å²) in [5.41, 5.74) is 0. The monoisotopic (exact) mass is 323 g/mol. The van der Waals surface area contributed by atoms with Gasteiger partial charge in [0.25, 0.3) is 11.1 Å². The summed E-state index contributed by atoms with van der Waals surface area (Å²) in [4.78, 5) is 0. The fraction of sp³-hybridized carbons (Fsp3) is 0.357. The van der Waals surface area contributed by atoms with Crippen molar-refractivity contribution < 1.29 is 9.15 Å². The second-order valence-electron chi connectivity index (χ2n) is 4.17. The number of nitriles is 1. The van der Waals surface area contributed by atoms with Gasteiger partial charge in [0.2, 0.25) is 0 Å². The van der Waals surface area contributed by atoms with Gasteiger partial charge in [0, 0.05) is 17.2 Å². The highest BCUT2D eigenvalue weighted by atomic mass is 35.5. The number of thioether (sulfide) groups is 1. The zero-order valence-electron chi connectivity index (χ0n) is 11.3. The molecule has 0 N–H and O–H groups in total. The van der Waals surface area contributed by atoms with E-state index < -0.39 is 0 Å². The molecule has 2 aromatic rings. The van der Waals surface area contributed by atoms with Gasteiger partial charge < -0.3 is 9.15 Å². The van der Waals surface area contributed by atoms with E-state index in [1.165, 1.54) is 11.8 Å². The summed E-state index contributed by atoms with van der Waals surface area (Å²) in [6.45, 7) is 0.226. The first-order chi connectivity index (χ1) is 10.3. The molecule has 1 aromatic heterocycles. The smallest absolute Gasteiger partial charge is 0.276 e. The molecule has 0 amide bonds. The predicted molar refractivity (Wildman–Crippen MR) is 80.3 cm³/mol. The average molecular weight is 324 g/mol. The molecule has 0 spiro atoms. The van der Waals surface area contributed by atoms with E-state index in [1.54, 1.807) is 24.3 Å². The number of benzene rings is 1. The standard InChI is InChI=1S/C14H14ClN3O2S/c15-11-4-6-12(7-5-11)19-10-13-17-18-14(20-13)21-9-3-1-2-8-16/h4-7H,1-3,9-10H2. The quantitative estimate of drug-likeness (QED) is 0.538. The Morgan fingerprint density at radius 3 is 2.81 bits per heavy atom. The van der Waals surface area contributed by atoms with Crippen LogP contribution in [0.4, 0.5) is 0 Å². The van der Waals surface area contributed by atoms with Gasteiger partial charge in [-0.05, 0) is 37.1 Å². The molecule has 0 aliphatic rings. The molecule has 0 aliphatic carbocycles. The summed E-state index contributed by atoms with van der Waals surface area (Å²) in [7, 11) is 0. The van der Waals surface area contributed by atoms with Crippen LogP contribution in [0.5, 0.6) is 5.75 Å². The largest absolute Gasteiger partial charge is 0.484 e. The van der Waals surface area contributed by atoms with Gasteiger partial charge in [-0.15, -0.1) is 10.2 Å². The number of rotatable bonds is 8. The second-order valence-corrected chi connectivity index (χ2v) is 5.65. The first-order valence-electron chi connectivity index (χ1n) is 6.48. The Bertz CT molecular complexity index is 595. The van der Waals surface area contributed by atoms with Crippen LogP contribution in [0.2, 0.25) is 5.02 Å². The van der Waals surface area contributed by atoms with E-state index in [-0.39, 0.29) is 6.61 Å². The van der Waals surface area contributed by atoms with Crippen LogP contribution in [0.15, 0.2) is 33.9 Å². The lowest BCUT2D eigenvalue weighted by Gasteiger charge is -2.02. The van der Waals surface area contributed by atoms with E-state index in [9.17, 15) is 0 Å². The Morgan fingerprint density at radius 2 is 2.05 bits per heavy atom. The van der Waals surface area contributed by atoms with Crippen LogP contribution < -0.4 is 4.74 Å². The minimum atomic E-state index is 0.226. The molecule has 1 aromatic carbocycles. The lowest BCUT2D eigenvalue weighted by Crippen LogP contribution is -1.95. The van der Waals surface area contributed by atoms with E-state index in [2.05, 4.69) is 16.3 Å². The molecule has 0 saturated heterocycles. The van der Waals surface area contributed by atoms with Crippen molar-refractivity contribution >= 4 is 23.4 Å². The van der Waals surface area contributed by atoms with Gasteiger partial charge in [0.15, 0.2) is 6.61 Å². The van der Waals surface area contributed by atoms with Crippen molar-refractivity contribution in [3.63, 3.8) is 0 Å². The fourth-order valence-electron chi connectivity index (χ4n) is 1.50. The third-order valence-corrected chi connectivity index (χ3v) is 3.69. The molecule has 0 fully saturated rings. The van der Waals surface area contributed by atoms with Crippen molar-refractivity contribution in [3.8, 4) is 11.8 Å². The molecule has 0 unspecified atom stereocenters. The molecule has 110 valence electrons. The molecular formula is C14H14ClN3O2S. The normalized spacial score (nSPS) is 10.3. The topological polar surface area (TPSA) is 71.9 Å². The Kier molecular flexibility index (Phi) is 6.38. The lowest BCUT2D eigenvalue weighted by atomic mass is 10.3. The number of nitrogens with zero attached hydrogens (tertiary/aromatic N) is 3. The van der Waals surface area contributed by atoms with Crippen LogP contribution in [0, 0.1) is 11.3 Å². The van der Waals surface area contributed by atoms with Crippen molar-refractivity contribution in [2.45, 2.75) is 31.1 Å². The van der Waals surface area contributed by atoms with Crippen LogP contribution in [0.25, 0.3) is 0 Å². The highest BCUT2D eigenvalue weighted by Gasteiger charge is 2.07. The molecule has 0 saturated carbocycles. The first-order valence-corrected chi connectivity index (χ1v) is 7.85. The van der Waals surface area contributed by atoms with Gasteiger partial charge in [0.1, 0.15) is 5.75 Å². The molecule has 0 bridgehead atoms. The van der Waals surface area contributed by atoms with Gasteiger partial charge in [-0.2, -0.15) is 5.26 Å². The summed E-state index contributed by atoms with van der Waals surface area (Å²) in [6, 6.07) is 9.20. The summed E-state index contributed by atoms with van der Waals surface area (Å²) in [6.07, 6.45) is 2.44. The van der Waals surface area contributed by atoms with Crippen LogP contribution in [0.1, 0.15) is 25.2 Å². The van der Waals surface area contributed by atoms with Crippen LogP contribution in [0.3, 0.4) is 0 Å². The molecule has 1 heterocycles.